The van der Waals surface area contributed by atoms with Gasteiger partial charge in [0.15, 0.2) is 6.04 Å². The van der Waals surface area contributed by atoms with E-state index in [1.807, 2.05) is 12.1 Å². The highest BCUT2D eigenvalue weighted by molar-refractivity contribution is 6.09. The van der Waals surface area contributed by atoms with Crippen molar-refractivity contribution < 1.29 is 4.58 Å². The third-order valence-electron chi connectivity index (χ3n) is 2.93. The topological polar surface area (TPSA) is 15.4 Å². The zero-order valence-corrected chi connectivity index (χ0v) is 9.17. The molecule has 2 nitrogen and oxygen atoms in total. The molecule has 78 valence electrons. The van der Waals surface area contributed by atoms with Crippen LogP contribution >= 0.6 is 0 Å². The van der Waals surface area contributed by atoms with E-state index in [0.29, 0.717) is 0 Å². The van der Waals surface area contributed by atoms with Crippen LogP contribution in [-0.4, -0.2) is 22.2 Å². The predicted molar refractivity (Wildman–Crippen MR) is 66.5 cm³/mol. The Morgan fingerprint density at radius 3 is 2.75 bits per heavy atom. The molecular formula is C14H13N2+. The Morgan fingerprint density at radius 2 is 1.94 bits per heavy atom. The number of hydrogen-bond acceptors (Lipinski definition) is 1. The highest BCUT2D eigenvalue weighted by Crippen LogP contribution is 2.22. The quantitative estimate of drug-likeness (QED) is 0.632. The molecule has 0 spiro atoms. The summed E-state index contributed by atoms with van der Waals surface area (Å²) in [5, 5.41) is 0. The van der Waals surface area contributed by atoms with Crippen molar-refractivity contribution in [3.05, 3.63) is 54.6 Å². The lowest BCUT2D eigenvalue weighted by atomic mass is 10.1. The molecule has 1 heterocycles. The molecule has 1 atom stereocenters. The summed E-state index contributed by atoms with van der Waals surface area (Å²) in [5.74, 6) is 1.06. The second kappa shape index (κ2) is 3.56. The number of hydrogen-bond donors (Lipinski definition) is 0. The number of allylic oxidation sites excluding steroid dienone is 2. The van der Waals surface area contributed by atoms with Gasteiger partial charge in [-0.2, -0.15) is 0 Å². The summed E-state index contributed by atoms with van der Waals surface area (Å²) < 4.78 is 2.26. The Bertz CT molecular complexity index is 533. The van der Waals surface area contributed by atoms with Crippen LogP contribution in [0.15, 0.2) is 59.6 Å². The maximum absolute atomic E-state index is 4.59. The van der Waals surface area contributed by atoms with Gasteiger partial charge in [0.25, 0.3) is 5.84 Å². The predicted octanol–water partition coefficient (Wildman–Crippen LogP) is 2.70. The standard InChI is InChI=1S/C14H13N2/c1-11-15-13-9-5-6-10-14(13)16(11)12-7-3-2-4-8-12/h2-10,14H,1H3/q+1. The zero-order valence-electron chi connectivity index (χ0n) is 9.17. The van der Waals surface area contributed by atoms with Gasteiger partial charge in [0, 0.05) is 6.92 Å². The number of amidine groups is 1. The van der Waals surface area contributed by atoms with E-state index >= 15 is 0 Å². The molecular weight excluding hydrogens is 196 g/mol. The molecule has 0 bridgehead atoms. The summed E-state index contributed by atoms with van der Waals surface area (Å²) in [5.41, 5.74) is 2.33. The van der Waals surface area contributed by atoms with Gasteiger partial charge in [-0.3, -0.25) is 0 Å². The van der Waals surface area contributed by atoms with Gasteiger partial charge >= 0.3 is 0 Å². The minimum Gasteiger partial charge on any atom is -0.214 e. The summed E-state index contributed by atoms with van der Waals surface area (Å²) in [6, 6.07) is 10.7. The number of rotatable bonds is 1. The van der Waals surface area contributed by atoms with Crippen LogP contribution < -0.4 is 0 Å². The van der Waals surface area contributed by atoms with Gasteiger partial charge in [-0.15, -0.1) is 0 Å². The van der Waals surface area contributed by atoms with Crippen molar-refractivity contribution in [1.29, 1.82) is 0 Å². The molecule has 0 radical (unpaired) electrons. The molecule has 2 aliphatic rings. The first-order chi connectivity index (χ1) is 7.86. The minimum absolute atomic E-state index is 0.271. The van der Waals surface area contributed by atoms with Crippen molar-refractivity contribution in [3.63, 3.8) is 0 Å². The lowest BCUT2D eigenvalue weighted by Crippen LogP contribution is -2.26. The molecule has 16 heavy (non-hydrogen) atoms. The summed E-state index contributed by atoms with van der Waals surface area (Å²) in [7, 11) is 0. The molecule has 1 aromatic rings. The molecule has 3 rings (SSSR count). The zero-order chi connectivity index (χ0) is 11.0. The van der Waals surface area contributed by atoms with Crippen LogP contribution in [0.4, 0.5) is 5.69 Å². The molecule has 2 heteroatoms. The van der Waals surface area contributed by atoms with Crippen LogP contribution in [0.5, 0.6) is 0 Å². The fourth-order valence-corrected chi connectivity index (χ4v) is 2.22. The molecule has 0 saturated carbocycles. The van der Waals surface area contributed by atoms with E-state index in [9.17, 15) is 0 Å². The van der Waals surface area contributed by atoms with E-state index in [1.54, 1.807) is 0 Å². The number of fused-ring (bicyclic) bond motifs is 1. The average Bonchev–Trinajstić information content (AvgIpc) is 2.66. The SMILES string of the molecule is CC1=[N+](c2ccccc2)C2C=CC=CC2=N1. The van der Waals surface area contributed by atoms with Crippen LogP contribution in [-0.2, 0) is 0 Å². The van der Waals surface area contributed by atoms with E-state index in [1.165, 1.54) is 5.69 Å². The second-order valence-corrected chi connectivity index (χ2v) is 3.98. The van der Waals surface area contributed by atoms with Crippen molar-refractivity contribution in [3.8, 4) is 0 Å². The maximum Gasteiger partial charge on any atom is 0.297 e. The first kappa shape index (κ1) is 9.28. The van der Waals surface area contributed by atoms with Crippen molar-refractivity contribution in [2.45, 2.75) is 13.0 Å². The third kappa shape index (κ3) is 1.34. The van der Waals surface area contributed by atoms with E-state index in [4.69, 9.17) is 0 Å². The Kier molecular flexibility index (Phi) is 2.07. The molecule has 1 aromatic carbocycles. The Morgan fingerprint density at radius 1 is 1.12 bits per heavy atom. The van der Waals surface area contributed by atoms with E-state index < -0.39 is 0 Å². The van der Waals surface area contributed by atoms with E-state index in [0.717, 1.165) is 11.5 Å². The molecule has 0 N–H and O–H groups in total. The van der Waals surface area contributed by atoms with E-state index in [2.05, 4.69) is 59.0 Å². The second-order valence-electron chi connectivity index (χ2n) is 3.98. The van der Waals surface area contributed by atoms with Gasteiger partial charge in [-0.25, -0.2) is 4.58 Å². The Balaban J connectivity index is 2.08. The fourth-order valence-electron chi connectivity index (χ4n) is 2.22. The Hall–Kier alpha value is -1.96. The van der Waals surface area contributed by atoms with Crippen molar-refractivity contribution in [2.24, 2.45) is 4.99 Å². The number of nitrogens with zero attached hydrogens (tertiary/aromatic N) is 2. The summed E-state index contributed by atoms with van der Waals surface area (Å²) in [6.07, 6.45) is 8.38. The summed E-state index contributed by atoms with van der Waals surface area (Å²) in [4.78, 5) is 4.59. The number of benzene rings is 1. The van der Waals surface area contributed by atoms with Crippen LogP contribution in [0.25, 0.3) is 0 Å². The van der Waals surface area contributed by atoms with Gasteiger partial charge < -0.3 is 0 Å². The largest absolute Gasteiger partial charge is 0.297 e. The van der Waals surface area contributed by atoms with Gasteiger partial charge in [-0.05, 0) is 29.3 Å². The lowest BCUT2D eigenvalue weighted by Gasteiger charge is -2.11. The van der Waals surface area contributed by atoms with Crippen LogP contribution in [0.2, 0.25) is 0 Å². The first-order valence-electron chi connectivity index (χ1n) is 5.47. The molecule has 0 fully saturated rings. The smallest absolute Gasteiger partial charge is 0.214 e. The van der Waals surface area contributed by atoms with Crippen LogP contribution in [0.1, 0.15) is 6.92 Å². The third-order valence-corrected chi connectivity index (χ3v) is 2.93. The average molecular weight is 209 g/mol. The summed E-state index contributed by atoms with van der Waals surface area (Å²) in [6.45, 7) is 2.06. The fraction of sp³-hybridized carbons (Fsp3) is 0.143. The Labute approximate surface area is 95.0 Å². The molecule has 0 saturated heterocycles. The lowest BCUT2D eigenvalue weighted by molar-refractivity contribution is -0.448. The molecule has 0 amide bonds. The van der Waals surface area contributed by atoms with Crippen LogP contribution in [0.3, 0.4) is 0 Å². The molecule has 1 aliphatic heterocycles. The van der Waals surface area contributed by atoms with Crippen LogP contribution in [0, 0.1) is 0 Å². The van der Waals surface area contributed by atoms with Gasteiger partial charge in [-0.1, -0.05) is 30.4 Å². The van der Waals surface area contributed by atoms with Crippen molar-refractivity contribution in [1.82, 2.24) is 0 Å². The maximum atomic E-state index is 4.59. The monoisotopic (exact) mass is 209 g/mol. The minimum atomic E-state index is 0.271. The highest BCUT2D eigenvalue weighted by atomic mass is 15.2. The van der Waals surface area contributed by atoms with Crippen molar-refractivity contribution >= 4 is 17.2 Å². The number of aliphatic imine (C=N–C) groups is 1. The van der Waals surface area contributed by atoms with Crippen molar-refractivity contribution in [2.75, 3.05) is 0 Å². The van der Waals surface area contributed by atoms with Gasteiger partial charge in [0.2, 0.25) is 5.71 Å². The van der Waals surface area contributed by atoms with Gasteiger partial charge in [0.05, 0.1) is 0 Å². The highest BCUT2D eigenvalue weighted by Gasteiger charge is 2.34. The molecule has 1 aliphatic carbocycles. The van der Waals surface area contributed by atoms with E-state index in [-0.39, 0.29) is 6.04 Å². The first-order valence-corrected chi connectivity index (χ1v) is 5.47. The normalized spacial score (nSPS) is 22.3. The molecule has 0 aromatic heterocycles. The van der Waals surface area contributed by atoms with Gasteiger partial charge in [0.1, 0.15) is 5.69 Å². The number of para-hydroxylation sites is 1. The summed E-state index contributed by atoms with van der Waals surface area (Å²) >= 11 is 0. The molecule has 1 unspecified atom stereocenters.